The molecular formula is C16H20N2O2. The quantitative estimate of drug-likeness (QED) is 0.841. The van der Waals surface area contributed by atoms with Gasteiger partial charge in [0.25, 0.3) is 0 Å². The molecule has 20 heavy (non-hydrogen) atoms. The monoisotopic (exact) mass is 272 g/mol. The molecule has 0 aliphatic carbocycles. The van der Waals surface area contributed by atoms with Gasteiger partial charge in [0.2, 0.25) is 5.88 Å². The number of rotatable bonds is 7. The van der Waals surface area contributed by atoms with E-state index < -0.39 is 0 Å². The topological polar surface area (TPSA) is 43.4 Å². The maximum absolute atomic E-state index is 5.71. The molecule has 0 amide bonds. The van der Waals surface area contributed by atoms with E-state index in [0.29, 0.717) is 12.5 Å². The Bertz CT molecular complexity index is 526. The van der Waals surface area contributed by atoms with Crippen molar-refractivity contribution in [2.24, 2.45) is 0 Å². The molecule has 0 unspecified atom stereocenters. The van der Waals surface area contributed by atoms with Crippen LogP contribution in [-0.4, -0.2) is 18.6 Å². The van der Waals surface area contributed by atoms with E-state index in [-0.39, 0.29) is 0 Å². The molecule has 1 heterocycles. The summed E-state index contributed by atoms with van der Waals surface area (Å²) in [5.41, 5.74) is 2.10. The highest BCUT2D eigenvalue weighted by atomic mass is 16.5. The molecule has 2 aromatic rings. The Labute approximate surface area is 119 Å². The summed E-state index contributed by atoms with van der Waals surface area (Å²) in [4.78, 5) is 4.31. The summed E-state index contributed by atoms with van der Waals surface area (Å²) >= 11 is 0. The summed E-state index contributed by atoms with van der Waals surface area (Å²) in [7, 11) is 1.61. The average Bonchev–Trinajstić information content (AvgIpc) is 2.52. The first-order valence-corrected chi connectivity index (χ1v) is 6.74. The average molecular weight is 272 g/mol. The minimum absolute atomic E-state index is 0.434. The molecule has 0 aliphatic rings. The Hall–Kier alpha value is -2.07. The Morgan fingerprint density at radius 2 is 1.90 bits per heavy atom. The van der Waals surface area contributed by atoms with Crippen LogP contribution in [0.2, 0.25) is 0 Å². The van der Waals surface area contributed by atoms with Gasteiger partial charge in [0, 0.05) is 12.6 Å². The zero-order valence-corrected chi connectivity index (χ0v) is 11.9. The van der Waals surface area contributed by atoms with Gasteiger partial charge in [0.15, 0.2) is 0 Å². The third-order valence-corrected chi connectivity index (χ3v) is 2.88. The van der Waals surface area contributed by atoms with Crippen molar-refractivity contribution in [3.63, 3.8) is 0 Å². The SMILES string of the molecule is CCNCc1ccc(OCc2cccc(OC)n2)cc1. The number of hydrogen-bond acceptors (Lipinski definition) is 4. The lowest BCUT2D eigenvalue weighted by Crippen LogP contribution is -2.11. The molecule has 2 rings (SSSR count). The lowest BCUT2D eigenvalue weighted by atomic mass is 10.2. The van der Waals surface area contributed by atoms with E-state index in [1.807, 2.05) is 30.3 Å². The molecule has 1 aromatic heterocycles. The Kier molecular flexibility index (Phi) is 5.38. The lowest BCUT2D eigenvalue weighted by molar-refractivity contribution is 0.298. The summed E-state index contributed by atoms with van der Waals surface area (Å²) < 4.78 is 10.8. The summed E-state index contributed by atoms with van der Waals surface area (Å²) in [6, 6.07) is 13.7. The second-order valence-corrected chi connectivity index (χ2v) is 4.38. The van der Waals surface area contributed by atoms with Crippen LogP contribution in [0.25, 0.3) is 0 Å². The molecule has 4 nitrogen and oxygen atoms in total. The normalized spacial score (nSPS) is 10.3. The lowest BCUT2D eigenvalue weighted by Gasteiger charge is -2.08. The molecule has 0 saturated heterocycles. The predicted octanol–water partition coefficient (Wildman–Crippen LogP) is 2.78. The Morgan fingerprint density at radius 1 is 1.10 bits per heavy atom. The first kappa shape index (κ1) is 14.3. The Morgan fingerprint density at radius 3 is 2.60 bits per heavy atom. The van der Waals surface area contributed by atoms with Gasteiger partial charge in [-0.2, -0.15) is 0 Å². The molecular weight excluding hydrogens is 252 g/mol. The highest BCUT2D eigenvalue weighted by molar-refractivity contribution is 5.27. The van der Waals surface area contributed by atoms with Crippen molar-refractivity contribution >= 4 is 0 Å². The van der Waals surface area contributed by atoms with Crippen LogP contribution in [-0.2, 0) is 13.2 Å². The van der Waals surface area contributed by atoms with E-state index in [2.05, 4.69) is 29.4 Å². The number of pyridine rings is 1. The fraction of sp³-hybridized carbons (Fsp3) is 0.312. The first-order chi connectivity index (χ1) is 9.81. The van der Waals surface area contributed by atoms with Crippen molar-refractivity contribution in [3.8, 4) is 11.6 Å². The summed E-state index contributed by atoms with van der Waals surface area (Å²) in [6.45, 7) is 4.39. The van der Waals surface area contributed by atoms with Crippen molar-refractivity contribution in [1.82, 2.24) is 10.3 Å². The maximum atomic E-state index is 5.71. The molecule has 0 atom stereocenters. The van der Waals surface area contributed by atoms with Crippen LogP contribution in [0.5, 0.6) is 11.6 Å². The van der Waals surface area contributed by atoms with Crippen molar-refractivity contribution in [2.75, 3.05) is 13.7 Å². The van der Waals surface area contributed by atoms with E-state index in [1.54, 1.807) is 7.11 Å². The van der Waals surface area contributed by atoms with Gasteiger partial charge >= 0.3 is 0 Å². The molecule has 0 saturated carbocycles. The van der Waals surface area contributed by atoms with E-state index in [9.17, 15) is 0 Å². The fourth-order valence-corrected chi connectivity index (χ4v) is 1.78. The van der Waals surface area contributed by atoms with Crippen LogP contribution in [0.15, 0.2) is 42.5 Å². The minimum Gasteiger partial charge on any atom is -0.487 e. The number of nitrogens with zero attached hydrogens (tertiary/aromatic N) is 1. The first-order valence-electron chi connectivity index (χ1n) is 6.74. The van der Waals surface area contributed by atoms with Crippen molar-refractivity contribution in [1.29, 1.82) is 0 Å². The van der Waals surface area contributed by atoms with Crippen LogP contribution in [0.4, 0.5) is 0 Å². The molecule has 0 bridgehead atoms. The van der Waals surface area contributed by atoms with Gasteiger partial charge < -0.3 is 14.8 Å². The van der Waals surface area contributed by atoms with E-state index in [1.165, 1.54) is 5.56 Å². The molecule has 0 radical (unpaired) electrons. The number of benzene rings is 1. The van der Waals surface area contributed by atoms with Gasteiger partial charge in [-0.3, -0.25) is 0 Å². The van der Waals surface area contributed by atoms with E-state index in [0.717, 1.165) is 24.5 Å². The smallest absolute Gasteiger partial charge is 0.213 e. The molecule has 0 aliphatic heterocycles. The van der Waals surface area contributed by atoms with Gasteiger partial charge in [-0.25, -0.2) is 4.98 Å². The number of ether oxygens (including phenoxy) is 2. The van der Waals surface area contributed by atoms with Gasteiger partial charge in [-0.15, -0.1) is 0 Å². The van der Waals surface area contributed by atoms with E-state index in [4.69, 9.17) is 9.47 Å². The van der Waals surface area contributed by atoms with Gasteiger partial charge in [-0.05, 0) is 30.3 Å². The molecule has 4 heteroatoms. The zero-order valence-electron chi connectivity index (χ0n) is 11.9. The highest BCUT2D eigenvalue weighted by Crippen LogP contribution is 2.14. The number of methoxy groups -OCH3 is 1. The van der Waals surface area contributed by atoms with E-state index >= 15 is 0 Å². The summed E-state index contributed by atoms with van der Waals surface area (Å²) in [6.07, 6.45) is 0. The van der Waals surface area contributed by atoms with Gasteiger partial charge in [0.05, 0.1) is 12.8 Å². The summed E-state index contributed by atoms with van der Waals surface area (Å²) in [5, 5.41) is 3.29. The van der Waals surface area contributed by atoms with Crippen molar-refractivity contribution in [3.05, 3.63) is 53.7 Å². The van der Waals surface area contributed by atoms with Gasteiger partial charge in [-0.1, -0.05) is 25.1 Å². The molecule has 1 N–H and O–H groups in total. The van der Waals surface area contributed by atoms with Crippen LogP contribution in [0, 0.1) is 0 Å². The zero-order chi connectivity index (χ0) is 14.2. The van der Waals surface area contributed by atoms with Crippen LogP contribution in [0.1, 0.15) is 18.2 Å². The number of nitrogens with one attached hydrogen (secondary N) is 1. The van der Waals surface area contributed by atoms with Crippen LogP contribution >= 0.6 is 0 Å². The second-order valence-electron chi connectivity index (χ2n) is 4.38. The number of hydrogen-bond donors (Lipinski definition) is 1. The molecule has 1 aromatic carbocycles. The van der Waals surface area contributed by atoms with Crippen molar-refractivity contribution in [2.45, 2.75) is 20.1 Å². The largest absolute Gasteiger partial charge is 0.487 e. The minimum atomic E-state index is 0.434. The maximum Gasteiger partial charge on any atom is 0.213 e. The third-order valence-electron chi connectivity index (χ3n) is 2.88. The standard InChI is InChI=1S/C16H20N2O2/c1-3-17-11-13-7-9-15(10-8-13)20-12-14-5-4-6-16(18-14)19-2/h4-10,17H,3,11-12H2,1-2H3. The molecule has 106 valence electrons. The van der Waals surface area contributed by atoms with Crippen LogP contribution in [0.3, 0.4) is 0 Å². The third kappa shape index (κ3) is 4.24. The second kappa shape index (κ2) is 7.50. The van der Waals surface area contributed by atoms with Crippen LogP contribution < -0.4 is 14.8 Å². The summed E-state index contributed by atoms with van der Waals surface area (Å²) in [5.74, 6) is 1.45. The van der Waals surface area contributed by atoms with Crippen molar-refractivity contribution < 1.29 is 9.47 Å². The predicted molar refractivity (Wildman–Crippen MR) is 78.9 cm³/mol. The fourth-order valence-electron chi connectivity index (χ4n) is 1.78. The molecule has 0 spiro atoms. The molecule has 0 fully saturated rings. The Balaban J connectivity index is 1.89. The highest BCUT2D eigenvalue weighted by Gasteiger charge is 2.00. The number of aromatic nitrogens is 1. The van der Waals surface area contributed by atoms with Gasteiger partial charge in [0.1, 0.15) is 12.4 Å².